The van der Waals surface area contributed by atoms with Gasteiger partial charge >= 0.3 is 5.69 Å². The molecule has 0 bridgehead atoms. The minimum Gasteiger partial charge on any atom is -0.354 e. The number of hydrogen-bond donors (Lipinski definition) is 0. The SMILES string of the molecule is CC(c1cccc(Cl)c1)N(C)c1cc(=O)n(C)c(=O)n1C. The van der Waals surface area contributed by atoms with Crippen molar-refractivity contribution < 1.29 is 0 Å². The summed E-state index contributed by atoms with van der Waals surface area (Å²) in [6.07, 6.45) is 0. The van der Waals surface area contributed by atoms with Crippen LogP contribution < -0.4 is 16.1 Å². The van der Waals surface area contributed by atoms with Gasteiger partial charge < -0.3 is 4.90 Å². The van der Waals surface area contributed by atoms with Gasteiger partial charge in [0.15, 0.2) is 0 Å². The van der Waals surface area contributed by atoms with Crippen molar-refractivity contribution in [3.05, 3.63) is 61.8 Å². The van der Waals surface area contributed by atoms with E-state index in [0.29, 0.717) is 10.8 Å². The molecule has 1 aromatic heterocycles. The summed E-state index contributed by atoms with van der Waals surface area (Å²) in [5.74, 6) is 0.565. The van der Waals surface area contributed by atoms with Crippen LogP contribution in [-0.4, -0.2) is 16.2 Å². The van der Waals surface area contributed by atoms with E-state index in [-0.39, 0.29) is 17.3 Å². The Morgan fingerprint density at radius 3 is 2.43 bits per heavy atom. The third kappa shape index (κ3) is 2.88. The highest BCUT2D eigenvalue weighted by molar-refractivity contribution is 6.30. The number of aromatic nitrogens is 2. The molecule has 0 saturated carbocycles. The van der Waals surface area contributed by atoms with Crippen molar-refractivity contribution in [3.8, 4) is 0 Å². The molecule has 0 amide bonds. The number of benzene rings is 1. The normalized spacial score (nSPS) is 12.2. The van der Waals surface area contributed by atoms with E-state index in [0.717, 1.165) is 10.1 Å². The van der Waals surface area contributed by atoms with Gasteiger partial charge in [-0.2, -0.15) is 0 Å². The third-order valence-corrected chi connectivity index (χ3v) is 4.01. The van der Waals surface area contributed by atoms with Gasteiger partial charge in [0, 0.05) is 32.2 Å². The summed E-state index contributed by atoms with van der Waals surface area (Å²) in [5, 5.41) is 0.658. The van der Waals surface area contributed by atoms with Crippen molar-refractivity contribution in [2.45, 2.75) is 13.0 Å². The quantitative estimate of drug-likeness (QED) is 0.870. The lowest BCUT2D eigenvalue weighted by molar-refractivity contribution is 0.642. The first-order valence-corrected chi connectivity index (χ1v) is 6.96. The van der Waals surface area contributed by atoms with Crippen molar-refractivity contribution in [1.29, 1.82) is 0 Å². The maximum Gasteiger partial charge on any atom is 0.332 e. The number of hydrogen-bond acceptors (Lipinski definition) is 3. The Morgan fingerprint density at radius 1 is 1.14 bits per heavy atom. The van der Waals surface area contributed by atoms with Gasteiger partial charge in [-0.1, -0.05) is 23.7 Å². The Balaban J connectivity index is 2.48. The molecule has 1 heterocycles. The second-order valence-corrected chi connectivity index (χ2v) is 5.52. The monoisotopic (exact) mass is 307 g/mol. The summed E-state index contributed by atoms with van der Waals surface area (Å²) in [7, 11) is 4.97. The molecule has 0 aliphatic carbocycles. The number of anilines is 1. The number of halogens is 1. The summed E-state index contributed by atoms with van der Waals surface area (Å²) in [6.45, 7) is 1.99. The zero-order chi connectivity index (χ0) is 15.7. The van der Waals surface area contributed by atoms with E-state index in [1.165, 1.54) is 17.7 Å². The molecule has 0 spiro atoms. The fourth-order valence-corrected chi connectivity index (χ4v) is 2.45. The van der Waals surface area contributed by atoms with Crippen LogP contribution in [0.5, 0.6) is 0 Å². The first-order chi connectivity index (χ1) is 9.82. The van der Waals surface area contributed by atoms with E-state index in [9.17, 15) is 9.59 Å². The summed E-state index contributed by atoms with van der Waals surface area (Å²) < 4.78 is 2.55. The predicted molar refractivity (Wildman–Crippen MR) is 85.2 cm³/mol. The Bertz CT molecular complexity index is 779. The topological polar surface area (TPSA) is 47.2 Å². The van der Waals surface area contributed by atoms with E-state index in [2.05, 4.69) is 0 Å². The van der Waals surface area contributed by atoms with E-state index in [1.807, 2.05) is 43.1 Å². The van der Waals surface area contributed by atoms with Crippen LogP contribution in [0.4, 0.5) is 5.82 Å². The lowest BCUT2D eigenvalue weighted by Gasteiger charge is -2.28. The maximum atomic E-state index is 12.0. The van der Waals surface area contributed by atoms with Gasteiger partial charge in [0.25, 0.3) is 5.56 Å². The molecule has 0 saturated heterocycles. The molecule has 2 aromatic rings. The first-order valence-electron chi connectivity index (χ1n) is 6.58. The molecule has 0 aliphatic rings. The summed E-state index contributed by atoms with van der Waals surface area (Å²) in [6, 6.07) is 8.97. The molecular formula is C15H18ClN3O2. The van der Waals surface area contributed by atoms with Crippen LogP contribution in [0.3, 0.4) is 0 Å². The zero-order valence-corrected chi connectivity index (χ0v) is 13.3. The zero-order valence-electron chi connectivity index (χ0n) is 12.5. The molecule has 5 nitrogen and oxygen atoms in total. The largest absolute Gasteiger partial charge is 0.354 e. The molecule has 1 unspecified atom stereocenters. The molecule has 21 heavy (non-hydrogen) atoms. The minimum absolute atomic E-state index is 0.0265. The first kappa shape index (κ1) is 15.4. The summed E-state index contributed by atoms with van der Waals surface area (Å²) >= 11 is 6.02. The highest BCUT2D eigenvalue weighted by Gasteiger charge is 2.17. The van der Waals surface area contributed by atoms with Crippen LogP contribution in [0, 0.1) is 0 Å². The van der Waals surface area contributed by atoms with Gasteiger partial charge in [0.2, 0.25) is 0 Å². The van der Waals surface area contributed by atoms with Gasteiger partial charge in [-0.05, 0) is 24.6 Å². The van der Waals surface area contributed by atoms with Gasteiger partial charge in [-0.15, -0.1) is 0 Å². The fraction of sp³-hybridized carbons (Fsp3) is 0.333. The third-order valence-electron chi connectivity index (χ3n) is 3.77. The summed E-state index contributed by atoms with van der Waals surface area (Å²) in [4.78, 5) is 25.7. The van der Waals surface area contributed by atoms with E-state index < -0.39 is 0 Å². The highest BCUT2D eigenvalue weighted by Crippen LogP contribution is 2.25. The second-order valence-electron chi connectivity index (χ2n) is 5.08. The molecule has 0 N–H and O–H groups in total. The van der Waals surface area contributed by atoms with Gasteiger partial charge in [0.05, 0.1) is 6.04 Å². The molecule has 0 radical (unpaired) electrons. The van der Waals surface area contributed by atoms with Crippen molar-refractivity contribution >= 4 is 17.4 Å². The van der Waals surface area contributed by atoms with Crippen molar-refractivity contribution in [1.82, 2.24) is 9.13 Å². The van der Waals surface area contributed by atoms with E-state index >= 15 is 0 Å². The van der Waals surface area contributed by atoms with Crippen molar-refractivity contribution in [2.75, 3.05) is 11.9 Å². The molecule has 0 fully saturated rings. The fourth-order valence-electron chi connectivity index (χ4n) is 2.25. The smallest absolute Gasteiger partial charge is 0.332 e. The maximum absolute atomic E-state index is 12.0. The minimum atomic E-state index is -0.345. The van der Waals surface area contributed by atoms with Crippen LogP contribution >= 0.6 is 11.6 Å². The lowest BCUT2D eigenvalue weighted by atomic mass is 10.1. The Hall–Kier alpha value is -2.01. The molecule has 1 atom stereocenters. The van der Waals surface area contributed by atoms with Gasteiger partial charge in [-0.25, -0.2) is 4.79 Å². The number of nitrogens with zero attached hydrogens (tertiary/aromatic N) is 3. The Morgan fingerprint density at radius 2 is 1.81 bits per heavy atom. The van der Waals surface area contributed by atoms with Crippen molar-refractivity contribution in [3.63, 3.8) is 0 Å². The highest BCUT2D eigenvalue weighted by atomic mass is 35.5. The summed E-state index contributed by atoms with van der Waals surface area (Å²) in [5.41, 5.74) is 0.346. The molecule has 1 aromatic carbocycles. The van der Waals surface area contributed by atoms with E-state index in [1.54, 1.807) is 7.05 Å². The van der Waals surface area contributed by atoms with Crippen molar-refractivity contribution in [2.24, 2.45) is 14.1 Å². The predicted octanol–water partition coefficient (Wildman–Crippen LogP) is 1.93. The van der Waals surface area contributed by atoms with Gasteiger partial charge in [0.1, 0.15) is 5.82 Å². The standard InChI is InChI=1S/C15H18ClN3O2/c1-10(11-6-5-7-12(16)8-11)17(2)13-9-14(20)19(4)15(21)18(13)3/h5-10H,1-4H3. The van der Waals surface area contributed by atoms with Crippen LogP contribution in [0.15, 0.2) is 39.9 Å². The number of rotatable bonds is 3. The van der Waals surface area contributed by atoms with Crippen LogP contribution in [-0.2, 0) is 14.1 Å². The Labute approximate surface area is 128 Å². The van der Waals surface area contributed by atoms with E-state index in [4.69, 9.17) is 11.6 Å². The van der Waals surface area contributed by atoms with Crippen LogP contribution in [0.1, 0.15) is 18.5 Å². The molecule has 6 heteroatoms. The van der Waals surface area contributed by atoms with Crippen LogP contribution in [0.25, 0.3) is 0 Å². The molecule has 2 rings (SSSR count). The Kier molecular flexibility index (Phi) is 4.23. The molecular weight excluding hydrogens is 290 g/mol. The lowest BCUT2D eigenvalue weighted by Crippen LogP contribution is -2.40. The second kappa shape index (κ2) is 5.77. The molecule has 0 aliphatic heterocycles. The van der Waals surface area contributed by atoms with Crippen LogP contribution in [0.2, 0.25) is 5.02 Å². The molecule has 112 valence electrons. The van der Waals surface area contributed by atoms with Gasteiger partial charge in [-0.3, -0.25) is 13.9 Å². The average Bonchev–Trinajstić information content (AvgIpc) is 2.47. The average molecular weight is 308 g/mol.